The summed E-state index contributed by atoms with van der Waals surface area (Å²) in [5, 5.41) is 10.7. The Hall–Kier alpha value is 0.270. The van der Waals surface area contributed by atoms with Gasteiger partial charge in [0.2, 0.25) is 0 Å². The fraction of sp³-hybridized carbons (Fsp3) is 1.00. The molecule has 0 aromatic carbocycles. The highest BCUT2D eigenvalue weighted by Gasteiger charge is 2.45. The molecule has 17 heavy (non-hydrogen) atoms. The Bertz CT molecular complexity index is 257. The first kappa shape index (κ1) is 13.7. The maximum atomic E-state index is 10.7. The van der Waals surface area contributed by atoms with Gasteiger partial charge in [0.15, 0.2) is 0 Å². The first-order valence-electron chi connectivity index (χ1n) is 6.88. The van der Waals surface area contributed by atoms with Crippen molar-refractivity contribution in [2.45, 2.75) is 57.7 Å². The van der Waals surface area contributed by atoms with E-state index in [1.54, 1.807) is 0 Å². The molecule has 2 aliphatic rings. The Morgan fingerprint density at radius 2 is 2.29 bits per heavy atom. The zero-order chi connectivity index (χ0) is 12.5. The number of hydrogen-bond acceptors (Lipinski definition) is 3. The first-order chi connectivity index (χ1) is 7.94. The van der Waals surface area contributed by atoms with Crippen molar-refractivity contribution in [3.63, 3.8) is 0 Å². The Kier molecular flexibility index (Phi) is 4.11. The Morgan fingerprint density at radius 3 is 2.88 bits per heavy atom. The summed E-state index contributed by atoms with van der Waals surface area (Å²) < 4.78 is 6.02. The van der Waals surface area contributed by atoms with Crippen LogP contribution in [-0.4, -0.2) is 34.4 Å². The molecular formula is C14H26O2S. The van der Waals surface area contributed by atoms with Crippen molar-refractivity contribution in [1.29, 1.82) is 0 Å². The predicted molar refractivity (Wildman–Crippen MR) is 73.4 cm³/mol. The third-order valence-corrected chi connectivity index (χ3v) is 5.48. The Labute approximate surface area is 110 Å². The van der Waals surface area contributed by atoms with Gasteiger partial charge in [0.1, 0.15) is 0 Å². The number of ether oxygens (including phenoxy) is 1. The van der Waals surface area contributed by atoms with Gasteiger partial charge in [0, 0.05) is 12.4 Å². The first-order valence-corrected chi connectivity index (χ1v) is 8.03. The molecule has 0 saturated carbocycles. The predicted octanol–water partition coefficient (Wildman–Crippen LogP) is 3.09. The van der Waals surface area contributed by atoms with Gasteiger partial charge in [-0.2, -0.15) is 11.8 Å². The third-order valence-electron chi connectivity index (χ3n) is 4.26. The summed E-state index contributed by atoms with van der Waals surface area (Å²) in [5.74, 6) is 3.32. The second kappa shape index (κ2) is 5.10. The fourth-order valence-corrected chi connectivity index (χ4v) is 4.79. The van der Waals surface area contributed by atoms with Crippen LogP contribution in [-0.2, 0) is 4.74 Å². The molecule has 0 radical (unpaired) electrons. The van der Waals surface area contributed by atoms with Crippen LogP contribution < -0.4 is 0 Å². The fourth-order valence-electron chi connectivity index (χ4n) is 3.42. The van der Waals surface area contributed by atoms with Crippen molar-refractivity contribution in [3.05, 3.63) is 0 Å². The van der Waals surface area contributed by atoms with E-state index in [2.05, 4.69) is 13.8 Å². The molecule has 0 amide bonds. The normalized spacial score (nSPS) is 37.6. The van der Waals surface area contributed by atoms with Crippen molar-refractivity contribution >= 4 is 11.8 Å². The number of aliphatic hydroxyl groups is 1. The average molecular weight is 258 g/mol. The van der Waals surface area contributed by atoms with Crippen molar-refractivity contribution in [2.75, 3.05) is 18.1 Å². The largest absolute Gasteiger partial charge is 0.390 e. The summed E-state index contributed by atoms with van der Waals surface area (Å²) >= 11 is 2.00. The van der Waals surface area contributed by atoms with E-state index < -0.39 is 5.60 Å². The lowest BCUT2D eigenvalue weighted by Gasteiger charge is -2.44. The maximum absolute atomic E-state index is 10.7. The van der Waals surface area contributed by atoms with E-state index in [-0.39, 0.29) is 5.60 Å². The monoisotopic (exact) mass is 258 g/mol. The van der Waals surface area contributed by atoms with Crippen molar-refractivity contribution in [3.8, 4) is 0 Å². The van der Waals surface area contributed by atoms with Crippen LogP contribution in [0.4, 0.5) is 0 Å². The van der Waals surface area contributed by atoms with Crippen molar-refractivity contribution < 1.29 is 9.84 Å². The van der Waals surface area contributed by atoms with Crippen LogP contribution in [0.25, 0.3) is 0 Å². The third kappa shape index (κ3) is 3.18. The van der Waals surface area contributed by atoms with E-state index in [0.717, 1.165) is 31.6 Å². The molecule has 0 aliphatic carbocycles. The molecule has 100 valence electrons. The second-order valence-electron chi connectivity index (χ2n) is 6.48. The molecule has 3 atom stereocenters. The molecule has 3 unspecified atom stereocenters. The Balaban J connectivity index is 2.01. The maximum Gasteiger partial charge on any atom is 0.0784 e. The van der Waals surface area contributed by atoms with E-state index in [0.29, 0.717) is 11.8 Å². The van der Waals surface area contributed by atoms with Gasteiger partial charge in [0.05, 0.1) is 11.2 Å². The van der Waals surface area contributed by atoms with Crippen LogP contribution in [0.15, 0.2) is 0 Å². The highest BCUT2D eigenvalue weighted by molar-refractivity contribution is 7.99. The van der Waals surface area contributed by atoms with E-state index >= 15 is 0 Å². The minimum atomic E-state index is -0.516. The summed E-state index contributed by atoms with van der Waals surface area (Å²) in [6.07, 6.45) is 4.15. The zero-order valence-electron chi connectivity index (χ0n) is 11.4. The van der Waals surface area contributed by atoms with Crippen LogP contribution in [0, 0.1) is 11.8 Å². The van der Waals surface area contributed by atoms with E-state index in [1.165, 1.54) is 12.2 Å². The standard InChI is InChI=1S/C14H26O2S/c1-11(2)8-13(3,15)12-4-6-16-14(9-12)5-7-17-10-14/h11-12,15H,4-10H2,1-3H3. The van der Waals surface area contributed by atoms with Gasteiger partial charge in [-0.25, -0.2) is 0 Å². The molecule has 2 rings (SSSR count). The number of thioether (sulfide) groups is 1. The van der Waals surface area contributed by atoms with E-state index in [4.69, 9.17) is 4.74 Å². The van der Waals surface area contributed by atoms with Gasteiger partial charge >= 0.3 is 0 Å². The van der Waals surface area contributed by atoms with Crippen LogP contribution in [0.2, 0.25) is 0 Å². The van der Waals surface area contributed by atoms with E-state index in [9.17, 15) is 5.11 Å². The van der Waals surface area contributed by atoms with Gasteiger partial charge < -0.3 is 9.84 Å². The second-order valence-corrected chi connectivity index (χ2v) is 7.58. The summed E-state index contributed by atoms with van der Waals surface area (Å²) in [5.41, 5.74) is -0.424. The molecular weight excluding hydrogens is 232 g/mol. The molecule has 2 saturated heterocycles. The molecule has 1 spiro atoms. The van der Waals surface area contributed by atoms with Gasteiger partial charge in [-0.05, 0) is 50.2 Å². The number of rotatable bonds is 3. The van der Waals surface area contributed by atoms with Gasteiger partial charge in [-0.1, -0.05) is 13.8 Å². The van der Waals surface area contributed by atoms with Crippen molar-refractivity contribution in [2.24, 2.45) is 11.8 Å². The molecule has 2 fully saturated rings. The lowest BCUT2D eigenvalue weighted by molar-refractivity contribution is -0.131. The van der Waals surface area contributed by atoms with E-state index in [1.807, 2.05) is 18.7 Å². The molecule has 0 bridgehead atoms. The minimum Gasteiger partial charge on any atom is -0.390 e. The molecule has 1 N–H and O–H groups in total. The molecule has 2 heterocycles. The average Bonchev–Trinajstić information content (AvgIpc) is 2.64. The highest BCUT2D eigenvalue weighted by atomic mass is 32.2. The van der Waals surface area contributed by atoms with Crippen LogP contribution in [0.3, 0.4) is 0 Å². The Morgan fingerprint density at radius 1 is 1.53 bits per heavy atom. The smallest absolute Gasteiger partial charge is 0.0784 e. The summed E-state index contributed by atoms with van der Waals surface area (Å²) in [6, 6.07) is 0. The quantitative estimate of drug-likeness (QED) is 0.843. The van der Waals surface area contributed by atoms with Crippen LogP contribution in [0.1, 0.15) is 46.5 Å². The summed E-state index contributed by atoms with van der Waals surface area (Å²) in [7, 11) is 0. The molecule has 2 nitrogen and oxygen atoms in total. The topological polar surface area (TPSA) is 29.5 Å². The highest BCUT2D eigenvalue weighted by Crippen LogP contribution is 2.44. The number of hydrogen-bond donors (Lipinski definition) is 1. The van der Waals surface area contributed by atoms with Crippen molar-refractivity contribution in [1.82, 2.24) is 0 Å². The zero-order valence-corrected chi connectivity index (χ0v) is 12.2. The summed E-state index contributed by atoms with van der Waals surface area (Å²) in [4.78, 5) is 0. The van der Waals surface area contributed by atoms with Gasteiger partial charge in [-0.15, -0.1) is 0 Å². The molecule has 0 aromatic rings. The minimum absolute atomic E-state index is 0.0918. The van der Waals surface area contributed by atoms with Gasteiger partial charge in [-0.3, -0.25) is 0 Å². The molecule has 0 aromatic heterocycles. The lowest BCUT2D eigenvalue weighted by atomic mass is 9.73. The molecule has 3 heteroatoms. The SMILES string of the molecule is CC(C)CC(C)(O)C1CCOC2(CCSC2)C1. The molecule has 2 aliphatic heterocycles. The lowest BCUT2D eigenvalue weighted by Crippen LogP contribution is -2.48. The summed E-state index contributed by atoms with van der Waals surface area (Å²) in [6.45, 7) is 7.24. The van der Waals surface area contributed by atoms with Gasteiger partial charge in [0.25, 0.3) is 0 Å². The van der Waals surface area contributed by atoms with Crippen LogP contribution >= 0.6 is 11.8 Å². The van der Waals surface area contributed by atoms with Crippen LogP contribution in [0.5, 0.6) is 0 Å².